The normalized spacial score (nSPS) is 26.4. The van der Waals surface area contributed by atoms with Crippen molar-refractivity contribution in [2.75, 3.05) is 0 Å². The van der Waals surface area contributed by atoms with Crippen LogP contribution < -0.4 is 5.73 Å². The molecular weight excluding hydrogens is 229 g/mol. The van der Waals surface area contributed by atoms with Crippen molar-refractivity contribution < 1.29 is 0 Å². The molecule has 0 aliphatic heterocycles. The molecule has 0 radical (unpaired) electrons. The lowest BCUT2D eigenvalue weighted by Crippen LogP contribution is -2.26. The van der Waals surface area contributed by atoms with Crippen LogP contribution in [0, 0.1) is 11.8 Å². The molecule has 0 amide bonds. The van der Waals surface area contributed by atoms with Crippen LogP contribution in [0.3, 0.4) is 0 Å². The first kappa shape index (κ1) is 11.3. The molecule has 3 atom stereocenters. The minimum atomic E-state index is 0.218. The van der Waals surface area contributed by atoms with Gasteiger partial charge in [0.2, 0.25) is 0 Å². The third kappa shape index (κ3) is 2.47. The van der Waals surface area contributed by atoms with E-state index in [2.05, 4.69) is 6.92 Å². The van der Waals surface area contributed by atoms with Gasteiger partial charge in [-0.3, -0.25) is 0 Å². The van der Waals surface area contributed by atoms with Gasteiger partial charge in [0.1, 0.15) is 0 Å². The van der Waals surface area contributed by atoms with E-state index in [4.69, 9.17) is 28.9 Å². The highest BCUT2D eigenvalue weighted by atomic mass is 35.5. The average Bonchev–Trinajstić information content (AvgIpc) is 2.91. The molecule has 1 fully saturated rings. The lowest BCUT2D eigenvalue weighted by atomic mass is 10.0. The van der Waals surface area contributed by atoms with Gasteiger partial charge in [0.05, 0.1) is 10.0 Å². The van der Waals surface area contributed by atoms with Crippen LogP contribution in [0.25, 0.3) is 0 Å². The molecule has 0 aromatic heterocycles. The van der Waals surface area contributed by atoms with Gasteiger partial charge >= 0.3 is 0 Å². The van der Waals surface area contributed by atoms with Gasteiger partial charge in [0.25, 0.3) is 0 Å². The van der Waals surface area contributed by atoms with Crippen molar-refractivity contribution in [2.24, 2.45) is 17.6 Å². The van der Waals surface area contributed by atoms with Crippen molar-refractivity contribution in [1.82, 2.24) is 0 Å². The second kappa shape index (κ2) is 4.32. The topological polar surface area (TPSA) is 26.0 Å². The zero-order valence-electron chi connectivity index (χ0n) is 8.71. The molecule has 2 rings (SSSR count). The van der Waals surface area contributed by atoms with Crippen molar-refractivity contribution in [3.05, 3.63) is 33.8 Å². The number of nitrogens with two attached hydrogens (primary N) is 1. The first-order chi connectivity index (χ1) is 7.09. The average molecular weight is 244 g/mol. The van der Waals surface area contributed by atoms with Crippen molar-refractivity contribution >= 4 is 23.2 Å². The van der Waals surface area contributed by atoms with E-state index in [9.17, 15) is 0 Å². The van der Waals surface area contributed by atoms with Gasteiger partial charge in [-0.05, 0) is 36.3 Å². The maximum absolute atomic E-state index is 6.12. The molecule has 0 heterocycles. The standard InChI is InChI=1S/C12H15Cl2N/c1-7-5-9(7)11(15)6-8-3-2-4-10(13)12(8)14/h2-4,7,9,11H,5-6,15H2,1H3. The highest BCUT2D eigenvalue weighted by Crippen LogP contribution is 2.41. The van der Waals surface area contributed by atoms with Gasteiger partial charge < -0.3 is 5.73 Å². The van der Waals surface area contributed by atoms with E-state index in [1.165, 1.54) is 6.42 Å². The van der Waals surface area contributed by atoms with Crippen molar-refractivity contribution in [2.45, 2.75) is 25.8 Å². The molecule has 1 aliphatic carbocycles. The SMILES string of the molecule is CC1CC1C(N)Cc1cccc(Cl)c1Cl. The summed E-state index contributed by atoms with van der Waals surface area (Å²) >= 11 is 12.1. The third-order valence-corrected chi connectivity index (χ3v) is 4.07. The Morgan fingerprint density at radius 2 is 2.13 bits per heavy atom. The molecule has 1 nitrogen and oxygen atoms in total. The van der Waals surface area contributed by atoms with E-state index < -0.39 is 0 Å². The van der Waals surface area contributed by atoms with Crippen LogP contribution in [0.15, 0.2) is 18.2 Å². The number of rotatable bonds is 3. The van der Waals surface area contributed by atoms with E-state index in [0.717, 1.165) is 17.9 Å². The zero-order valence-corrected chi connectivity index (χ0v) is 10.2. The smallest absolute Gasteiger partial charge is 0.0624 e. The van der Waals surface area contributed by atoms with Crippen molar-refractivity contribution in [3.8, 4) is 0 Å². The quantitative estimate of drug-likeness (QED) is 0.864. The van der Waals surface area contributed by atoms with Crippen molar-refractivity contribution in [1.29, 1.82) is 0 Å². The number of hydrogen-bond donors (Lipinski definition) is 1. The van der Waals surface area contributed by atoms with Gasteiger partial charge in [-0.15, -0.1) is 0 Å². The number of benzene rings is 1. The van der Waals surface area contributed by atoms with Crippen LogP contribution in [0.2, 0.25) is 10.0 Å². The first-order valence-electron chi connectivity index (χ1n) is 5.28. The molecule has 0 bridgehead atoms. The lowest BCUT2D eigenvalue weighted by molar-refractivity contribution is 0.560. The summed E-state index contributed by atoms with van der Waals surface area (Å²) in [7, 11) is 0. The maximum atomic E-state index is 6.12. The first-order valence-corrected chi connectivity index (χ1v) is 6.03. The van der Waals surface area contributed by atoms with Crippen molar-refractivity contribution in [3.63, 3.8) is 0 Å². The Kier molecular flexibility index (Phi) is 3.24. The Bertz CT molecular complexity index is 365. The Morgan fingerprint density at radius 3 is 2.73 bits per heavy atom. The lowest BCUT2D eigenvalue weighted by Gasteiger charge is -2.12. The molecule has 1 saturated carbocycles. The van der Waals surface area contributed by atoms with E-state index in [0.29, 0.717) is 16.0 Å². The fourth-order valence-electron chi connectivity index (χ4n) is 2.06. The minimum Gasteiger partial charge on any atom is -0.327 e. The largest absolute Gasteiger partial charge is 0.327 e. The van der Waals surface area contributed by atoms with Gasteiger partial charge in [-0.1, -0.05) is 42.3 Å². The highest BCUT2D eigenvalue weighted by Gasteiger charge is 2.37. The summed E-state index contributed by atoms with van der Waals surface area (Å²) in [5.41, 5.74) is 7.18. The molecular formula is C12H15Cl2N. The predicted molar refractivity (Wildman–Crippen MR) is 65.4 cm³/mol. The fraction of sp³-hybridized carbons (Fsp3) is 0.500. The van der Waals surface area contributed by atoms with Crippen LogP contribution in [0.4, 0.5) is 0 Å². The molecule has 82 valence electrons. The van der Waals surface area contributed by atoms with Crippen LogP contribution >= 0.6 is 23.2 Å². The summed E-state index contributed by atoms with van der Waals surface area (Å²) in [6, 6.07) is 5.95. The summed E-state index contributed by atoms with van der Waals surface area (Å²) in [6.45, 7) is 2.24. The molecule has 15 heavy (non-hydrogen) atoms. The minimum absolute atomic E-state index is 0.218. The van der Waals surface area contributed by atoms with E-state index in [-0.39, 0.29) is 6.04 Å². The van der Waals surface area contributed by atoms with Crippen LogP contribution in [-0.2, 0) is 6.42 Å². The second-order valence-electron chi connectivity index (χ2n) is 4.46. The van der Waals surface area contributed by atoms with E-state index >= 15 is 0 Å². The molecule has 0 saturated heterocycles. The van der Waals surface area contributed by atoms with Gasteiger partial charge in [-0.25, -0.2) is 0 Å². The van der Waals surface area contributed by atoms with Gasteiger partial charge in [0, 0.05) is 6.04 Å². The monoisotopic (exact) mass is 243 g/mol. The molecule has 3 heteroatoms. The van der Waals surface area contributed by atoms with E-state index in [1.54, 1.807) is 6.07 Å². The Morgan fingerprint density at radius 1 is 1.47 bits per heavy atom. The number of halogens is 2. The predicted octanol–water partition coefficient (Wildman–Crippen LogP) is 3.52. The Labute approximate surface area is 101 Å². The summed E-state index contributed by atoms with van der Waals surface area (Å²) in [6.07, 6.45) is 2.08. The molecule has 2 N–H and O–H groups in total. The summed E-state index contributed by atoms with van der Waals surface area (Å²) in [5.74, 6) is 1.44. The Hall–Kier alpha value is -0.240. The Balaban J connectivity index is 2.07. The molecule has 1 aliphatic rings. The van der Waals surface area contributed by atoms with Crippen LogP contribution in [-0.4, -0.2) is 6.04 Å². The molecule has 0 spiro atoms. The molecule has 3 unspecified atom stereocenters. The number of hydrogen-bond acceptors (Lipinski definition) is 1. The third-order valence-electron chi connectivity index (χ3n) is 3.21. The highest BCUT2D eigenvalue weighted by molar-refractivity contribution is 6.42. The molecule has 1 aromatic rings. The maximum Gasteiger partial charge on any atom is 0.0624 e. The van der Waals surface area contributed by atoms with Gasteiger partial charge in [-0.2, -0.15) is 0 Å². The van der Waals surface area contributed by atoms with Crippen LogP contribution in [0.1, 0.15) is 18.9 Å². The summed E-state index contributed by atoms with van der Waals surface area (Å²) in [5, 5.41) is 1.27. The molecule has 1 aromatic carbocycles. The van der Waals surface area contributed by atoms with E-state index in [1.807, 2.05) is 12.1 Å². The summed E-state index contributed by atoms with van der Waals surface area (Å²) < 4.78 is 0. The van der Waals surface area contributed by atoms with Gasteiger partial charge in [0.15, 0.2) is 0 Å². The second-order valence-corrected chi connectivity index (χ2v) is 5.24. The van der Waals surface area contributed by atoms with Crippen LogP contribution in [0.5, 0.6) is 0 Å². The fourth-order valence-corrected chi connectivity index (χ4v) is 2.46. The zero-order chi connectivity index (χ0) is 11.0. The summed E-state index contributed by atoms with van der Waals surface area (Å²) in [4.78, 5) is 0.